The van der Waals surface area contributed by atoms with E-state index < -0.39 is 5.41 Å². The van der Waals surface area contributed by atoms with Gasteiger partial charge in [0, 0.05) is 12.0 Å². The summed E-state index contributed by atoms with van der Waals surface area (Å²) in [6.45, 7) is 11.6. The largest absolute Gasteiger partial charge is 0.393 e. The standard InChI is InChI=1S/C17H28N2O3S/c1-10(7-12(3)20)9-18-15(21)14-11(2)8-13(23-14)19-16(22)17(4,5)6/h8,10,12,20H,7,9H2,1-6H3,(H,18,21)(H,19,22). The number of aliphatic hydroxyl groups is 1. The van der Waals surface area contributed by atoms with E-state index in [4.69, 9.17) is 0 Å². The van der Waals surface area contributed by atoms with Crippen molar-refractivity contribution in [1.82, 2.24) is 5.32 Å². The fourth-order valence-electron chi connectivity index (χ4n) is 2.08. The quantitative estimate of drug-likeness (QED) is 0.744. The summed E-state index contributed by atoms with van der Waals surface area (Å²) < 4.78 is 0. The van der Waals surface area contributed by atoms with Crippen LogP contribution in [0.5, 0.6) is 0 Å². The van der Waals surface area contributed by atoms with Gasteiger partial charge in [0.1, 0.15) is 0 Å². The van der Waals surface area contributed by atoms with Gasteiger partial charge in [-0.15, -0.1) is 11.3 Å². The van der Waals surface area contributed by atoms with Crippen molar-refractivity contribution in [2.24, 2.45) is 11.3 Å². The molecule has 0 saturated heterocycles. The Hall–Kier alpha value is -1.40. The Labute approximate surface area is 142 Å². The van der Waals surface area contributed by atoms with Crippen molar-refractivity contribution in [3.63, 3.8) is 0 Å². The van der Waals surface area contributed by atoms with Gasteiger partial charge in [0.15, 0.2) is 0 Å². The number of aryl methyl sites for hydroxylation is 1. The molecule has 0 spiro atoms. The third kappa shape index (κ3) is 6.31. The minimum atomic E-state index is -0.475. The topological polar surface area (TPSA) is 78.4 Å². The summed E-state index contributed by atoms with van der Waals surface area (Å²) in [5, 5.41) is 15.8. The van der Waals surface area contributed by atoms with Crippen LogP contribution in [0.2, 0.25) is 0 Å². The zero-order chi connectivity index (χ0) is 17.8. The number of carbonyl (C=O) groups is 2. The first-order chi connectivity index (χ1) is 10.5. The van der Waals surface area contributed by atoms with E-state index in [9.17, 15) is 14.7 Å². The number of thiophene rings is 1. The molecule has 2 atom stereocenters. The predicted molar refractivity (Wildman–Crippen MR) is 94.9 cm³/mol. The maximum atomic E-state index is 12.3. The molecule has 0 aliphatic heterocycles. The van der Waals surface area contributed by atoms with E-state index in [1.165, 1.54) is 11.3 Å². The van der Waals surface area contributed by atoms with Crippen molar-refractivity contribution in [1.29, 1.82) is 0 Å². The van der Waals surface area contributed by atoms with Crippen LogP contribution < -0.4 is 10.6 Å². The van der Waals surface area contributed by atoms with Crippen LogP contribution in [0.1, 0.15) is 56.3 Å². The Balaban J connectivity index is 2.67. The lowest BCUT2D eigenvalue weighted by Gasteiger charge is -2.16. The fourth-order valence-corrected chi connectivity index (χ4v) is 3.07. The fraction of sp³-hybridized carbons (Fsp3) is 0.647. The number of amides is 2. The van der Waals surface area contributed by atoms with E-state index in [0.717, 1.165) is 5.56 Å². The van der Waals surface area contributed by atoms with E-state index >= 15 is 0 Å². The highest BCUT2D eigenvalue weighted by Gasteiger charge is 2.23. The van der Waals surface area contributed by atoms with Crippen LogP contribution in [0.25, 0.3) is 0 Å². The molecule has 2 amide bonds. The van der Waals surface area contributed by atoms with E-state index in [1.54, 1.807) is 6.92 Å². The van der Waals surface area contributed by atoms with Gasteiger partial charge in [-0.05, 0) is 37.8 Å². The second-order valence-corrected chi connectivity index (χ2v) is 8.28. The molecule has 3 N–H and O–H groups in total. The molecule has 5 nitrogen and oxygen atoms in total. The van der Waals surface area contributed by atoms with E-state index in [2.05, 4.69) is 10.6 Å². The van der Waals surface area contributed by atoms with Gasteiger partial charge in [-0.25, -0.2) is 0 Å². The molecule has 2 unspecified atom stereocenters. The minimum absolute atomic E-state index is 0.0729. The zero-order valence-corrected chi connectivity index (χ0v) is 15.6. The number of rotatable bonds is 6. The highest BCUT2D eigenvalue weighted by Crippen LogP contribution is 2.28. The Kier molecular flexibility index (Phi) is 6.77. The van der Waals surface area contributed by atoms with Gasteiger partial charge in [-0.1, -0.05) is 27.7 Å². The molecule has 23 heavy (non-hydrogen) atoms. The second kappa shape index (κ2) is 7.93. The molecule has 1 aromatic heterocycles. The molecule has 1 heterocycles. The Bertz CT molecular complexity index is 559. The molecule has 0 aromatic carbocycles. The molecule has 1 aromatic rings. The predicted octanol–water partition coefficient (Wildman–Crippen LogP) is 3.18. The third-order valence-corrected chi connectivity index (χ3v) is 4.55. The molecule has 1 rings (SSSR count). The van der Waals surface area contributed by atoms with E-state index in [0.29, 0.717) is 22.8 Å². The van der Waals surface area contributed by atoms with Crippen LogP contribution in [0.4, 0.5) is 5.00 Å². The maximum absolute atomic E-state index is 12.3. The number of carbonyl (C=O) groups excluding carboxylic acids is 2. The number of aliphatic hydroxyl groups excluding tert-OH is 1. The van der Waals surface area contributed by atoms with Gasteiger partial charge in [-0.2, -0.15) is 0 Å². The molecule has 0 radical (unpaired) electrons. The summed E-state index contributed by atoms with van der Waals surface area (Å²) in [4.78, 5) is 24.9. The third-order valence-electron chi connectivity index (χ3n) is 3.40. The number of anilines is 1. The van der Waals surface area contributed by atoms with Crippen molar-refractivity contribution in [3.8, 4) is 0 Å². The van der Waals surface area contributed by atoms with Crippen LogP contribution >= 0.6 is 11.3 Å². The highest BCUT2D eigenvalue weighted by molar-refractivity contribution is 7.18. The second-order valence-electron chi connectivity index (χ2n) is 7.23. The summed E-state index contributed by atoms with van der Waals surface area (Å²) in [5.74, 6) is -0.00301. The minimum Gasteiger partial charge on any atom is -0.393 e. The number of hydrogen-bond acceptors (Lipinski definition) is 4. The van der Waals surface area contributed by atoms with Crippen molar-refractivity contribution in [2.45, 2.75) is 54.1 Å². The smallest absolute Gasteiger partial charge is 0.261 e. The van der Waals surface area contributed by atoms with Crippen LogP contribution in [-0.2, 0) is 4.79 Å². The van der Waals surface area contributed by atoms with E-state index in [1.807, 2.05) is 40.7 Å². The van der Waals surface area contributed by atoms with Crippen molar-refractivity contribution < 1.29 is 14.7 Å². The lowest BCUT2D eigenvalue weighted by atomic mass is 9.96. The van der Waals surface area contributed by atoms with Crippen LogP contribution in [0.3, 0.4) is 0 Å². The summed E-state index contributed by atoms with van der Waals surface area (Å²) in [5.41, 5.74) is 0.372. The maximum Gasteiger partial charge on any atom is 0.261 e. The van der Waals surface area contributed by atoms with E-state index in [-0.39, 0.29) is 23.8 Å². The molecule has 0 bridgehead atoms. The number of nitrogens with one attached hydrogen (secondary N) is 2. The zero-order valence-electron chi connectivity index (χ0n) is 14.8. The van der Waals surface area contributed by atoms with Gasteiger partial charge in [0.25, 0.3) is 5.91 Å². The monoisotopic (exact) mass is 340 g/mol. The summed E-state index contributed by atoms with van der Waals surface area (Å²) in [6, 6.07) is 1.82. The van der Waals surface area contributed by atoms with Crippen molar-refractivity contribution in [2.75, 3.05) is 11.9 Å². The van der Waals surface area contributed by atoms with Gasteiger partial charge in [-0.3, -0.25) is 9.59 Å². The van der Waals surface area contributed by atoms with Crippen LogP contribution in [0.15, 0.2) is 6.07 Å². The summed E-state index contributed by atoms with van der Waals surface area (Å²) in [6.07, 6.45) is 0.279. The normalized spacial score (nSPS) is 14.2. The average molecular weight is 340 g/mol. The SMILES string of the molecule is Cc1cc(NC(=O)C(C)(C)C)sc1C(=O)NCC(C)CC(C)O. The highest BCUT2D eigenvalue weighted by atomic mass is 32.1. The van der Waals surface area contributed by atoms with Gasteiger partial charge in [0.05, 0.1) is 16.0 Å². The first-order valence-electron chi connectivity index (χ1n) is 7.89. The van der Waals surface area contributed by atoms with Gasteiger partial charge >= 0.3 is 0 Å². The molecule has 0 saturated carbocycles. The van der Waals surface area contributed by atoms with Crippen LogP contribution in [0, 0.1) is 18.3 Å². The lowest BCUT2D eigenvalue weighted by molar-refractivity contribution is -0.123. The molecule has 130 valence electrons. The first kappa shape index (κ1) is 19.6. The average Bonchev–Trinajstić information content (AvgIpc) is 2.75. The summed E-state index contributed by atoms with van der Waals surface area (Å²) >= 11 is 1.28. The molecule has 0 aliphatic rings. The Morgan fingerprint density at radius 3 is 2.43 bits per heavy atom. The first-order valence-corrected chi connectivity index (χ1v) is 8.70. The van der Waals surface area contributed by atoms with Crippen LogP contribution in [-0.4, -0.2) is 29.6 Å². The van der Waals surface area contributed by atoms with Crippen molar-refractivity contribution in [3.05, 3.63) is 16.5 Å². The lowest BCUT2D eigenvalue weighted by Crippen LogP contribution is -2.29. The number of hydrogen-bond donors (Lipinski definition) is 3. The van der Waals surface area contributed by atoms with Gasteiger partial charge < -0.3 is 15.7 Å². The Morgan fingerprint density at radius 2 is 1.91 bits per heavy atom. The summed E-state index contributed by atoms with van der Waals surface area (Å²) in [7, 11) is 0. The van der Waals surface area contributed by atoms with Gasteiger partial charge in [0.2, 0.25) is 5.91 Å². The molecule has 6 heteroatoms. The Morgan fingerprint density at radius 1 is 1.30 bits per heavy atom. The van der Waals surface area contributed by atoms with Crippen molar-refractivity contribution >= 4 is 28.2 Å². The molecule has 0 aliphatic carbocycles. The molecular formula is C17H28N2O3S. The molecular weight excluding hydrogens is 312 g/mol. The molecule has 0 fully saturated rings.